The van der Waals surface area contributed by atoms with Gasteiger partial charge in [0.15, 0.2) is 0 Å². The van der Waals surface area contributed by atoms with Crippen molar-refractivity contribution in [2.75, 3.05) is 20.1 Å². The third-order valence-electron chi connectivity index (χ3n) is 0.957. The highest BCUT2D eigenvalue weighted by molar-refractivity contribution is 4.55. The summed E-state index contributed by atoms with van der Waals surface area (Å²) in [7, 11) is 1.50. The maximum Gasteiger partial charge on any atom is -0.00484 e. The molecule has 0 aromatic heterocycles. The fourth-order valence-electron chi connectivity index (χ4n) is 0.625. The topological polar surface area (TPSA) is 38.0 Å². The molecule has 1 heterocycles. The Morgan fingerprint density at radius 1 is 1.00 bits per heavy atom. The summed E-state index contributed by atoms with van der Waals surface area (Å²) in [4.78, 5) is 0. The van der Waals surface area contributed by atoms with E-state index in [0.717, 1.165) is 0 Å². The quantitative estimate of drug-likeness (QED) is 0.515. The van der Waals surface area contributed by atoms with E-state index in [1.807, 2.05) is 13.8 Å². The van der Waals surface area contributed by atoms with Gasteiger partial charge in [-0.1, -0.05) is 13.8 Å². The molecular weight excluding hydrogens is 112 g/mol. The van der Waals surface area contributed by atoms with Gasteiger partial charge < -0.3 is 11.1 Å². The molecule has 3 N–H and O–H groups in total. The molecule has 0 atom stereocenters. The van der Waals surface area contributed by atoms with Crippen LogP contribution in [0.1, 0.15) is 26.7 Å². The molecule has 1 saturated heterocycles. The van der Waals surface area contributed by atoms with Crippen LogP contribution < -0.4 is 11.1 Å². The van der Waals surface area contributed by atoms with Gasteiger partial charge in [0.25, 0.3) is 0 Å². The zero-order valence-corrected chi connectivity index (χ0v) is 6.91. The fraction of sp³-hybridized carbons (Fsp3) is 1.00. The smallest absolute Gasteiger partial charge is 0.00484 e. The van der Waals surface area contributed by atoms with Crippen molar-refractivity contribution in [3.63, 3.8) is 0 Å². The van der Waals surface area contributed by atoms with Crippen molar-refractivity contribution in [1.29, 1.82) is 0 Å². The second-order valence-corrected chi connectivity index (χ2v) is 1.46. The molecule has 2 nitrogen and oxygen atoms in total. The lowest BCUT2D eigenvalue weighted by molar-refractivity contribution is 0.857. The maximum atomic E-state index is 4.50. The van der Waals surface area contributed by atoms with Crippen LogP contribution in [0.2, 0.25) is 0 Å². The summed E-state index contributed by atoms with van der Waals surface area (Å²) in [5.74, 6) is 0. The van der Waals surface area contributed by atoms with Crippen LogP contribution in [0.5, 0.6) is 0 Å². The van der Waals surface area contributed by atoms with Crippen molar-refractivity contribution >= 4 is 0 Å². The van der Waals surface area contributed by atoms with Gasteiger partial charge in [0.05, 0.1) is 0 Å². The molecule has 1 aliphatic rings. The summed E-state index contributed by atoms with van der Waals surface area (Å²) in [5.41, 5.74) is 4.50. The average Bonchev–Trinajstić information content (AvgIpc) is 2.51. The number of hydrogen-bond acceptors (Lipinski definition) is 2. The van der Waals surface area contributed by atoms with Gasteiger partial charge in [-0.3, -0.25) is 0 Å². The zero-order chi connectivity index (χ0) is 7.54. The van der Waals surface area contributed by atoms with Crippen molar-refractivity contribution in [2.24, 2.45) is 5.73 Å². The zero-order valence-electron chi connectivity index (χ0n) is 6.91. The minimum absolute atomic E-state index is 1.25. The second-order valence-electron chi connectivity index (χ2n) is 1.46. The summed E-state index contributed by atoms with van der Waals surface area (Å²) in [6, 6.07) is 0. The molecule has 58 valence electrons. The molecule has 0 spiro atoms. The van der Waals surface area contributed by atoms with Gasteiger partial charge >= 0.3 is 0 Å². The normalized spacial score (nSPS) is 14.7. The molecule has 1 fully saturated rings. The molecule has 2 heteroatoms. The highest BCUT2D eigenvalue weighted by atomic mass is 14.9. The maximum absolute atomic E-state index is 4.50. The predicted molar refractivity (Wildman–Crippen MR) is 43.6 cm³/mol. The third kappa shape index (κ3) is 11.5. The van der Waals surface area contributed by atoms with E-state index in [4.69, 9.17) is 0 Å². The Bertz CT molecular complexity index is 18.5. The monoisotopic (exact) mass is 132 g/mol. The summed E-state index contributed by atoms with van der Waals surface area (Å²) in [5, 5.41) is 3.22. The van der Waals surface area contributed by atoms with E-state index in [9.17, 15) is 0 Å². The van der Waals surface area contributed by atoms with Crippen LogP contribution >= 0.6 is 0 Å². The first-order chi connectivity index (χ1) is 4.50. The highest BCUT2D eigenvalue weighted by Crippen LogP contribution is 1.90. The van der Waals surface area contributed by atoms with E-state index in [-0.39, 0.29) is 0 Å². The largest absolute Gasteiger partial charge is 0.333 e. The molecule has 0 aromatic rings. The molecule has 0 aliphatic carbocycles. The van der Waals surface area contributed by atoms with Crippen molar-refractivity contribution in [3.8, 4) is 0 Å². The van der Waals surface area contributed by atoms with Crippen molar-refractivity contribution in [2.45, 2.75) is 26.7 Å². The molecule has 0 saturated carbocycles. The lowest BCUT2D eigenvalue weighted by atomic mass is 10.4. The number of nitrogens with one attached hydrogen (secondary N) is 1. The molecular formula is C7H20N2. The van der Waals surface area contributed by atoms with Gasteiger partial charge in [0.2, 0.25) is 0 Å². The Morgan fingerprint density at radius 2 is 1.33 bits per heavy atom. The van der Waals surface area contributed by atoms with Crippen LogP contribution in [0.25, 0.3) is 0 Å². The number of hydrogen-bond donors (Lipinski definition) is 2. The summed E-state index contributed by atoms with van der Waals surface area (Å²) in [6.07, 6.45) is 2.78. The minimum atomic E-state index is 1.25. The van der Waals surface area contributed by atoms with Crippen LogP contribution in [-0.4, -0.2) is 20.1 Å². The second kappa shape index (κ2) is 15.7. The Labute approximate surface area is 58.8 Å². The Hall–Kier alpha value is -0.0800. The summed E-state index contributed by atoms with van der Waals surface area (Å²) < 4.78 is 0. The minimum Gasteiger partial charge on any atom is -0.333 e. The average molecular weight is 132 g/mol. The standard InChI is InChI=1S/C4H9N.C2H6.CH5N/c1-2-4-5-3-1;2*1-2/h5H,1-4H2;1-2H3;2H2,1H3. The number of rotatable bonds is 0. The molecule has 0 radical (unpaired) electrons. The first-order valence-corrected chi connectivity index (χ1v) is 3.78. The molecule has 0 amide bonds. The number of nitrogens with two attached hydrogens (primary N) is 1. The molecule has 0 unspecified atom stereocenters. The van der Waals surface area contributed by atoms with Crippen LogP contribution in [-0.2, 0) is 0 Å². The van der Waals surface area contributed by atoms with Crippen LogP contribution in [0.15, 0.2) is 0 Å². The molecule has 9 heavy (non-hydrogen) atoms. The van der Waals surface area contributed by atoms with Gasteiger partial charge in [-0.25, -0.2) is 0 Å². The van der Waals surface area contributed by atoms with E-state index >= 15 is 0 Å². The van der Waals surface area contributed by atoms with Gasteiger partial charge in [0.1, 0.15) is 0 Å². The highest BCUT2D eigenvalue weighted by Gasteiger charge is 1.93. The van der Waals surface area contributed by atoms with Crippen molar-refractivity contribution < 1.29 is 0 Å². The van der Waals surface area contributed by atoms with E-state index in [1.54, 1.807) is 0 Å². The SMILES string of the molecule is C1CCNC1.CC.CN. The van der Waals surface area contributed by atoms with Crippen LogP contribution in [0.4, 0.5) is 0 Å². The summed E-state index contributed by atoms with van der Waals surface area (Å²) in [6.45, 7) is 6.50. The lowest BCUT2D eigenvalue weighted by Crippen LogP contribution is -2.03. The van der Waals surface area contributed by atoms with Crippen LogP contribution in [0, 0.1) is 0 Å². The molecule has 1 rings (SSSR count). The first-order valence-electron chi connectivity index (χ1n) is 3.78. The Balaban J connectivity index is 0. The first kappa shape index (κ1) is 11.7. The van der Waals surface area contributed by atoms with Gasteiger partial charge in [-0.15, -0.1) is 0 Å². The predicted octanol–water partition coefficient (Wildman–Crippen LogP) is 0.971. The lowest BCUT2D eigenvalue weighted by Gasteiger charge is -1.76. The Kier molecular flexibility index (Phi) is 20.3. The molecule has 0 bridgehead atoms. The van der Waals surface area contributed by atoms with E-state index < -0.39 is 0 Å². The summed E-state index contributed by atoms with van der Waals surface area (Å²) >= 11 is 0. The van der Waals surface area contributed by atoms with E-state index in [0.29, 0.717) is 0 Å². The van der Waals surface area contributed by atoms with Crippen molar-refractivity contribution in [1.82, 2.24) is 5.32 Å². The van der Waals surface area contributed by atoms with Gasteiger partial charge in [0, 0.05) is 0 Å². The molecule has 0 aromatic carbocycles. The van der Waals surface area contributed by atoms with Crippen LogP contribution in [0.3, 0.4) is 0 Å². The van der Waals surface area contributed by atoms with Gasteiger partial charge in [-0.2, -0.15) is 0 Å². The van der Waals surface area contributed by atoms with E-state index in [2.05, 4.69) is 11.1 Å². The van der Waals surface area contributed by atoms with E-state index in [1.165, 1.54) is 33.0 Å². The third-order valence-corrected chi connectivity index (χ3v) is 0.957. The fourth-order valence-corrected chi connectivity index (χ4v) is 0.625. The Morgan fingerprint density at radius 3 is 1.44 bits per heavy atom. The van der Waals surface area contributed by atoms with Gasteiger partial charge in [-0.05, 0) is 33.0 Å². The molecule has 1 aliphatic heterocycles. The van der Waals surface area contributed by atoms with Crippen molar-refractivity contribution in [3.05, 3.63) is 0 Å².